The highest BCUT2D eigenvalue weighted by Gasteiger charge is 2.25. The highest BCUT2D eigenvalue weighted by molar-refractivity contribution is 5.27. The zero-order chi connectivity index (χ0) is 16.0. The smallest absolute Gasteiger partial charge is 0.119 e. The van der Waals surface area contributed by atoms with Crippen molar-refractivity contribution in [3.05, 3.63) is 29.8 Å². The average Bonchev–Trinajstić information content (AvgIpc) is 2.43. The molecule has 0 spiro atoms. The zero-order valence-electron chi connectivity index (χ0n) is 14.0. The van der Waals surface area contributed by atoms with Gasteiger partial charge < -0.3 is 20.5 Å². The van der Waals surface area contributed by atoms with Crippen LogP contribution in [0.25, 0.3) is 0 Å². The first-order valence-corrected chi connectivity index (χ1v) is 7.54. The molecule has 21 heavy (non-hydrogen) atoms. The van der Waals surface area contributed by atoms with E-state index >= 15 is 0 Å². The summed E-state index contributed by atoms with van der Waals surface area (Å²) in [4.78, 5) is 2.17. The molecule has 0 fully saturated rings. The van der Waals surface area contributed by atoms with E-state index in [0.29, 0.717) is 25.7 Å². The molecule has 1 rings (SSSR count). The van der Waals surface area contributed by atoms with Gasteiger partial charge in [0.15, 0.2) is 0 Å². The molecule has 0 aliphatic carbocycles. The van der Waals surface area contributed by atoms with Crippen LogP contribution >= 0.6 is 0 Å². The van der Waals surface area contributed by atoms with E-state index in [4.69, 9.17) is 10.5 Å². The van der Waals surface area contributed by atoms with Gasteiger partial charge in [0.2, 0.25) is 0 Å². The molecule has 0 heterocycles. The third-order valence-electron chi connectivity index (χ3n) is 4.01. The van der Waals surface area contributed by atoms with Crippen LogP contribution in [0, 0.1) is 5.41 Å². The van der Waals surface area contributed by atoms with Crippen LogP contribution in [0.2, 0.25) is 0 Å². The van der Waals surface area contributed by atoms with Gasteiger partial charge in [-0.05, 0) is 37.1 Å². The molecule has 1 aromatic rings. The Bertz CT molecular complexity index is 412. The number of likely N-dealkylation sites (N-methyl/N-ethyl adjacent to an activating group) is 1. The molecule has 1 aromatic carbocycles. The standard InChI is InChI=1S/C17H30N2O2/c1-13(17(2,3)4)19(5)11-15(20)12-21-16-8-6-14(10-18)7-9-16/h6-9,13,15,20H,10-12,18H2,1-5H3. The number of rotatable bonds is 7. The van der Waals surface area contributed by atoms with Crippen molar-refractivity contribution in [2.24, 2.45) is 11.1 Å². The second-order valence-corrected chi connectivity index (χ2v) is 6.79. The monoisotopic (exact) mass is 294 g/mol. The van der Waals surface area contributed by atoms with Crippen LogP contribution in [0.3, 0.4) is 0 Å². The van der Waals surface area contributed by atoms with Crippen molar-refractivity contribution in [1.82, 2.24) is 4.90 Å². The van der Waals surface area contributed by atoms with Gasteiger partial charge in [0.05, 0.1) is 0 Å². The number of nitrogens with two attached hydrogens (primary N) is 1. The highest BCUT2D eigenvalue weighted by atomic mass is 16.5. The lowest BCUT2D eigenvalue weighted by atomic mass is 9.87. The Morgan fingerprint density at radius 2 is 1.81 bits per heavy atom. The molecule has 4 nitrogen and oxygen atoms in total. The maximum atomic E-state index is 10.1. The molecule has 0 saturated carbocycles. The molecule has 0 aliphatic rings. The summed E-state index contributed by atoms with van der Waals surface area (Å²) < 4.78 is 5.62. The molecular formula is C17H30N2O2. The maximum absolute atomic E-state index is 10.1. The maximum Gasteiger partial charge on any atom is 0.119 e. The van der Waals surface area contributed by atoms with Crippen LogP contribution in [0.4, 0.5) is 0 Å². The van der Waals surface area contributed by atoms with Crippen LogP contribution in [-0.4, -0.2) is 42.4 Å². The minimum absolute atomic E-state index is 0.188. The number of hydrogen-bond donors (Lipinski definition) is 2. The summed E-state index contributed by atoms with van der Waals surface area (Å²) in [6, 6.07) is 8.04. The fourth-order valence-electron chi connectivity index (χ4n) is 2.12. The van der Waals surface area contributed by atoms with Crippen LogP contribution in [-0.2, 0) is 6.54 Å². The normalized spacial score (nSPS) is 15.0. The summed E-state index contributed by atoms with van der Waals surface area (Å²) in [7, 11) is 2.04. The Hall–Kier alpha value is -1.10. The molecule has 2 atom stereocenters. The Labute approximate surface area is 128 Å². The van der Waals surface area contributed by atoms with E-state index in [2.05, 4.69) is 32.6 Å². The minimum Gasteiger partial charge on any atom is -0.491 e. The van der Waals surface area contributed by atoms with Crippen LogP contribution in [0.5, 0.6) is 5.75 Å². The van der Waals surface area contributed by atoms with Crippen LogP contribution in [0.1, 0.15) is 33.3 Å². The van der Waals surface area contributed by atoms with Gasteiger partial charge in [0.1, 0.15) is 18.5 Å². The zero-order valence-corrected chi connectivity index (χ0v) is 14.0. The average molecular weight is 294 g/mol. The summed E-state index contributed by atoms with van der Waals surface area (Å²) in [5.74, 6) is 0.762. The third-order valence-corrected chi connectivity index (χ3v) is 4.01. The minimum atomic E-state index is -0.506. The number of hydrogen-bond acceptors (Lipinski definition) is 4. The lowest BCUT2D eigenvalue weighted by molar-refractivity contribution is 0.0442. The predicted octanol–water partition coefficient (Wildman–Crippen LogP) is 2.25. The number of benzene rings is 1. The summed E-state index contributed by atoms with van der Waals surface area (Å²) in [5, 5.41) is 10.1. The first kappa shape index (κ1) is 18.0. The number of aliphatic hydroxyl groups is 1. The molecular weight excluding hydrogens is 264 g/mol. The Morgan fingerprint density at radius 1 is 1.24 bits per heavy atom. The predicted molar refractivity (Wildman–Crippen MR) is 87.4 cm³/mol. The lowest BCUT2D eigenvalue weighted by Crippen LogP contribution is -2.44. The van der Waals surface area contributed by atoms with Gasteiger partial charge in [-0.25, -0.2) is 0 Å². The van der Waals surface area contributed by atoms with E-state index in [9.17, 15) is 5.11 Å². The molecule has 0 bridgehead atoms. The Balaban J connectivity index is 2.41. The number of aliphatic hydroxyl groups excluding tert-OH is 1. The van der Waals surface area contributed by atoms with E-state index in [0.717, 1.165) is 11.3 Å². The van der Waals surface area contributed by atoms with E-state index in [1.807, 2.05) is 31.3 Å². The number of ether oxygens (including phenoxy) is 1. The first-order chi connectivity index (χ1) is 9.74. The summed E-state index contributed by atoms with van der Waals surface area (Å²) in [6.07, 6.45) is -0.506. The van der Waals surface area contributed by atoms with Gasteiger partial charge in [-0.3, -0.25) is 0 Å². The third kappa shape index (κ3) is 6.04. The molecule has 3 N–H and O–H groups in total. The Morgan fingerprint density at radius 3 is 2.29 bits per heavy atom. The van der Waals surface area contributed by atoms with E-state index in [1.54, 1.807) is 0 Å². The van der Waals surface area contributed by atoms with E-state index in [1.165, 1.54) is 0 Å². The van der Waals surface area contributed by atoms with Gasteiger partial charge in [-0.15, -0.1) is 0 Å². The van der Waals surface area contributed by atoms with Gasteiger partial charge in [0.25, 0.3) is 0 Å². The largest absolute Gasteiger partial charge is 0.491 e. The molecule has 0 amide bonds. The molecule has 0 radical (unpaired) electrons. The summed E-state index contributed by atoms with van der Waals surface area (Å²) in [6.45, 7) is 10.2. The molecule has 120 valence electrons. The van der Waals surface area contributed by atoms with E-state index < -0.39 is 6.10 Å². The van der Waals surface area contributed by atoms with E-state index in [-0.39, 0.29) is 5.41 Å². The molecule has 0 aromatic heterocycles. The fraction of sp³-hybridized carbons (Fsp3) is 0.647. The highest BCUT2D eigenvalue weighted by Crippen LogP contribution is 2.23. The number of nitrogens with zero attached hydrogens (tertiary/aromatic N) is 1. The molecule has 0 aliphatic heterocycles. The quantitative estimate of drug-likeness (QED) is 0.810. The van der Waals surface area contributed by atoms with Gasteiger partial charge in [0, 0.05) is 19.1 Å². The summed E-state index contributed by atoms with van der Waals surface area (Å²) in [5.41, 5.74) is 6.81. The lowest BCUT2D eigenvalue weighted by Gasteiger charge is -2.36. The van der Waals surface area contributed by atoms with Crippen molar-refractivity contribution >= 4 is 0 Å². The van der Waals surface area contributed by atoms with Crippen LogP contribution in [0.15, 0.2) is 24.3 Å². The van der Waals surface area contributed by atoms with Crippen molar-refractivity contribution < 1.29 is 9.84 Å². The van der Waals surface area contributed by atoms with Crippen molar-refractivity contribution in [2.45, 2.75) is 46.4 Å². The van der Waals surface area contributed by atoms with Gasteiger partial charge in [-0.2, -0.15) is 0 Å². The molecule has 2 unspecified atom stereocenters. The second-order valence-electron chi connectivity index (χ2n) is 6.79. The Kier molecular flexibility index (Phi) is 6.65. The van der Waals surface area contributed by atoms with Crippen molar-refractivity contribution in [1.29, 1.82) is 0 Å². The van der Waals surface area contributed by atoms with Crippen LogP contribution < -0.4 is 10.5 Å². The van der Waals surface area contributed by atoms with Crippen molar-refractivity contribution in [3.63, 3.8) is 0 Å². The molecule has 0 saturated heterocycles. The fourth-order valence-corrected chi connectivity index (χ4v) is 2.12. The van der Waals surface area contributed by atoms with Gasteiger partial charge in [-0.1, -0.05) is 32.9 Å². The second kappa shape index (κ2) is 7.78. The topological polar surface area (TPSA) is 58.7 Å². The summed E-state index contributed by atoms with van der Waals surface area (Å²) >= 11 is 0. The van der Waals surface area contributed by atoms with Crippen molar-refractivity contribution in [2.75, 3.05) is 20.2 Å². The van der Waals surface area contributed by atoms with Crippen molar-refractivity contribution in [3.8, 4) is 5.75 Å². The van der Waals surface area contributed by atoms with Gasteiger partial charge >= 0.3 is 0 Å². The molecule has 4 heteroatoms. The SMILES string of the molecule is CC(N(C)CC(O)COc1ccc(CN)cc1)C(C)(C)C. The first-order valence-electron chi connectivity index (χ1n) is 7.54.